The van der Waals surface area contributed by atoms with E-state index in [1.54, 1.807) is 12.1 Å². The van der Waals surface area contributed by atoms with Crippen molar-refractivity contribution in [2.75, 3.05) is 7.11 Å². The van der Waals surface area contributed by atoms with Gasteiger partial charge in [0, 0.05) is 12.1 Å². The molecule has 0 saturated carbocycles. The van der Waals surface area contributed by atoms with E-state index in [1.165, 1.54) is 7.11 Å². The molecule has 0 aliphatic heterocycles. The molecule has 0 fully saturated rings. The Balaban J connectivity index is 2.65. The number of para-hydroxylation sites is 1. The highest BCUT2D eigenvalue weighted by molar-refractivity contribution is 6.34. The van der Waals surface area contributed by atoms with E-state index in [1.807, 2.05) is 12.1 Å². The van der Waals surface area contributed by atoms with Gasteiger partial charge in [-0.05, 0) is 6.07 Å². The molecule has 0 aliphatic rings. The van der Waals surface area contributed by atoms with Gasteiger partial charge in [-0.25, -0.2) is 0 Å². The van der Waals surface area contributed by atoms with E-state index in [9.17, 15) is 9.59 Å². The van der Waals surface area contributed by atoms with Gasteiger partial charge in [0.25, 0.3) is 0 Å². The molecule has 3 N–H and O–H groups in total. The quantitative estimate of drug-likeness (QED) is 0.675. The zero-order chi connectivity index (χ0) is 11.3. The number of primary amides is 1. The lowest BCUT2D eigenvalue weighted by atomic mass is 10.2. The summed E-state index contributed by atoms with van der Waals surface area (Å²) in [6.45, 7) is 0.214. The SMILES string of the molecule is COc1ccccc1CNC(=O)C(N)=O. The first-order valence-electron chi connectivity index (χ1n) is 4.34. The molecule has 0 radical (unpaired) electrons. The van der Waals surface area contributed by atoms with Crippen LogP contribution in [0.4, 0.5) is 0 Å². The van der Waals surface area contributed by atoms with Crippen molar-refractivity contribution in [2.45, 2.75) is 6.54 Å². The molecule has 0 aliphatic carbocycles. The second-order valence-electron chi connectivity index (χ2n) is 2.86. The van der Waals surface area contributed by atoms with Crippen LogP contribution in [-0.4, -0.2) is 18.9 Å². The highest BCUT2D eigenvalue weighted by atomic mass is 16.5. The first-order valence-corrected chi connectivity index (χ1v) is 4.34. The van der Waals surface area contributed by atoms with Gasteiger partial charge in [0.1, 0.15) is 5.75 Å². The summed E-state index contributed by atoms with van der Waals surface area (Å²) in [5.74, 6) is -1.15. The Morgan fingerprint density at radius 2 is 2.07 bits per heavy atom. The fraction of sp³-hybridized carbons (Fsp3) is 0.200. The largest absolute Gasteiger partial charge is 0.496 e. The molecule has 0 heterocycles. The first kappa shape index (κ1) is 11.0. The van der Waals surface area contributed by atoms with Crippen molar-refractivity contribution < 1.29 is 14.3 Å². The van der Waals surface area contributed by atoms with Crippen LogP contribution >= 0.6 is 0 Å². The summed E-state index contributed by atoms with van der Waals surface area (Å²) in [6.07, 6.45) is 0. The summed E-state index contributed by atoms with van der Waals surface area (Å²) in [6, 6.07) is 7.19. The van der Waals surface area contributed by atoms with Crippen molar-refractivity contribution in [2.24, 2.45) is 5.73 Å². The molecule has 80 valence electrons. The maximum atomic E-state index is 10.9. The number of methoxy groups -OCH3 is 1. The Morgan fingerprint density at radius 3 is 2.67 bits per heavy atom. The van der Waals surface area contributed by atoms with E-state index in [0.29, 0.717) is 5.75 Å². The first-order chi connectivity index (χ1) is 7.15. The molecule has 0 aromatic heterocycles. The van der Waals surface area contributed by atoms with Gasteiger partial charge in [-0.3, -0.25) is 9.59 Å². The molecule has 0 atom stereocenters. The molecular weight excluding hydrogens is 196 g/mol. The summed E-state index contributed by atoms with van der Waals surface area (Å²) < 4.78 is 5.07. The van der Waals surface area contributed by atoms with Gasteiger partial charge in [0.2, 0.25) is 0 Å². The van der Waals surface area contributed by atoms with E-state index < -0.39 is 11.8 Å². The number of rotatable bonds is 3. The van der Waals surface area contributed by atoms with Crippen LogP contribution in [0.2, 0.25) is 0 Å². The molecule has 2 amide bonds. The van der Waals surface area contributed by atoms with Gasteiger partial charge in [-0.2, -0.15) is 0 Å². The summed E-state index contributed by atoms with van der Waals surface area (Å²) in [5, 5.41) is 2.38. The maximum absolute atomic E-state index is 10.9. The van der Waals surface area contributed by atoms with Gasteiger partial charge >= 0.3 is 11.8 Å². The van der Waals surface area contributed by atoms with Crippen molar-refractivity contribution >= 4 is 11.8 Å². The van der Waals surface area contributed by atoms with Crippen LogP contribution in [0.3, 0.4) is 0 Å². The number of ether oxygens (including phenoxy) is 1. The predicted octanol–water partition coefficient (Wildman–Crippen LogP) is -0.203. The average molecular weight is 208 g/mol. The lowest BCUT2D eigenvalue weighted by molar-refractivity contribution is -0.137. The fourth-order valence-corrected chi connectivity index (χ4v) is 1.11. The van der Waals surface area contributed by atoms with Crippen LogP contribution in [-0.2, 0) is 16.1 Å². The number of amides is 2. The smallest absolute Gasteiger partial charge is 0.309 e. The molecular formula is C10H12N2O3. The van der Waals surface area contributed by atoms with Gasteiger partial charge in [0.05, 0.1) is 7.11 Å². The molecule has 15 heavy (non-hydrogen) atoms. The molecule has 0 unspecified atom stereocenters. The van der Waals surface area contributed by atoms with Crippen LogP contribution in [0.5, 0.6) is 5.75 Å². The van der Waals surface area contributed by atoms with Crippen molar-refractivity contribution in [1.82, 2.24) is 5.32 Å². The Kier molecular flexibility index (Phi) is 3.68. The molecule has 5 heteroatoms. The van der Waals surface area contributed by atoms with E-state index >= 15 is 0 Å². The van der Waals surface area contributed by atoms with E-state index in [2.05, 4.69) is 5.32 Å². The second kappa shape index (κ2) is 4.99. The molecule has 0 bridgehead atoms. The summed E-state index contributed by atoms with van der Waals surface area (Å²) in [7, 11) is 1.54. The Hall–Kier alpha value is -2.04. The minimum Gasteiger partial charge on any atom is -0.496 e. The van der Waals surface area contributed by atoms with E-state index in [4.69, 9.17) is 10.5 Å². The third-order valence-corrected chi connectivity index (χ3v) is 1.86. The summed E-state index contributed by atoms with van der Waals surface area (Å²) in [4.78, 5) is 21.3. The number of carbonyl (C=O) groups excluding carboxylic acids is 2. The minimum absolute atomic E-state index is 0.214. The van der Waals surface area contributed by atoms with Crippen molar-refractivity contribution in [1.29, 1.82) is 0 Å². The van der Waals surface area contributed by atoms with Crippen LogP contribution < -0.4 is 15.8 Å². The van der Waals surface area contributed by atoms with Crippen LogP contribution in [0, 0.1) is 0 Å². The zero-order valence-electron chi connectivity index (χ0n) is 8.32. The number of benzene rings is 1. The highest BCUT2D eigenvalue weighted by Gasteiger charge is 2.08. The lowest BCUT2D eigenvalue weighted by Gasteiger charge is -2.07. The summed E-state index contributed by atoms with van der Waals surface area (Å²) >= 11 is 0. The topological polar surface area (TPSA) is 81.4 Å². The summed E-state index contributed by atoms with van der Waals surface area (Å²) in [5.41, 5.74) is 5.58. The fourth-order valence-electron chi connectivity index (χ4n) is 1.11. The number of nitrogens with one attached hydrogen (secondary N) is 1. The van der Waals surface area contributed by atoms with Crippen LogP contribution in [0.25, 0.3) is 0 Å². The normalized spacial score (nSPS) is 9.40. The van der Waals surface area contributed by atoms with Crippen molar-refractivity contribution in [3.8, 4) is 5.75 Å². The molecule has 5 nitrogen and oxygen atoms in total. The van der Waals surface area contributed by atoms with Gasteiger partial charge in [-0.15, -0.1) is 0 Å². The molecule has 1 rings (SSSR count). The molecule has 1 aromatic rings. The number of hydrogen-bond acceptors (Lipinski definition) is 3. The van der Waals surface area contributed by atoms with E-state index in [-0.39, 0.29) is 6.54 Å². The lowest BCUT2D eigenvalue weighted by Crippen LogP contribution is -2.35. The third-order valence-electron chi connectivity index (χ3n) is 1.86. The number of hydrogen-bond donors (Lipinski definition) is 2. The minimum atomic E-state index is -0.995. The van der Waals surface area contributed by atoms with Crippen LogP contribution in [0.1, 0.15) is 5.56 Å². The Morgan fingerprint density at radius 1 is 1.40 bits per heavy atom. The van der Waals surface area contributed by atoms with Crippen molar-refractivity contribution in [3.63, 3.8) is 0 Å². The number of carbonyl (C=O) groups is 2. The Labute approximate surface area is 87.2 Å². The van der Waals surface area contributed by atoms with Gasteiger partial charge < -0.3 is 15.8 Å². The van der Waals surface area contributed by atoms with Gasteiger partial charge in [0.15, 0.2) is 0 Å². The maximum Gasteiger partial charge on any atom is 0.309 e. The standard InChI is InChI=1S/C10H12N2O3/c1-15-8-5-3-2-4-7(8)6-12-10(14)9(11)13/h2-5H,6H2,1H3,(H2,11,13)(H,12,14). The average Bonchev–Trinajstić information content (AvgIpc) is 2.26. The molecule has 0 spiro atoms. The van der Waals surface area contributed by atoms with E-state index in [0.717, 1.165) is 5.56 Å². The molecule has 1 aromatic carbocycles. The predicted molar refractivity (Wildman–Crippen MR) is 54.0 cm³/mol. The third kappa shape index (κ3) is 2.98. The Bertz CT molecular complexity index is 377. The monoisotopic (exact) mass is 208 g/mol. The number of nitrogens with two attached hydrogens (primary N) is 1. The zero-order valence-corrected chi connectivity index (χ0v) is 8.32. The second-order valence-corrected chi connectivity index (χ2v) is 2.86. The van der Waals surface area contributed by atoms with Gasteiger partial charge in [-0.1, -0.05) is 18.2 Å². The van der Waals surface area contributed by atoms with Crippen LogP contribution in [0.15, 0.2) is 24.3 Å². The highest BCUT2D eigenvalue weighted by Crippen LogP contribution is 2.16. The molecule has 0 saturated heterocycles. The van der Waals surface area contributed by atoms with Crippen molar-refractivity contribution in [3.05, 3.63) is 29.8 Å².